The largest absolute Gasteiger partial charge is 0.366 e. The zero-order chi connectivity index (χ0) is 16.2. The van der Waals surface area contributed by atoms with E-state index in [1.165, 1.54) is 12.8 Å². The summed E-state index contributed by atoms with van der Waals surface area (Å²) in [5.41, 5.74) is 1.12. The Morgan fingerprint density at radius 3 is 2.75 bits per heavy atom. The van der Waals surface area contributed by atoms with E-state index in [2.05, 4.69) is 30.3 Å². The molecular weight excluding hydrogens is 302 g/mol. The maximum absolute atomic E-state index is 4.38. The number of nitrogens with zero attached hydrogens (tertiary/aromatic N) is 6. The van der Waals surface area contributed by atoms with Crippen molar-refractivity contribution in [1.82, 2.24) is 24.7 Å². The van der Waals surface area contributed by atoms with Crippen LogP contribution in [-0.2, 0) is 6.54 Å². The van der Waals surface area contributed by atoms with Crippen molar-refractivity contribution >= 4 is 11.6 Å². The van der Waals surface area contributed by atoms with E-state index in [1.54, 1.807) is 23.4 Å². The summed E-state index contributed by atoms with van der Waals surface area (Å²) in [7, 11) is 0. The maximum atomic E-state index is 4.38. The Morgan fingerprint density at radius 1 is 1.00 bits per heavy atom. The second-order valence-electron chi connectivity index (χ2n) is 5.78. The van der Waals surface area contributed by atoms with Crippen LogP contribution in [0.4, 0.5) is 11.6 Å². The van der Waals surface area contributed by atoms with Gasteiger partial charge in [0.05, 0.1) is 0 Å². The molecule has 4 heterocycles. The monoisotopic (exact) mass is 321 g/mol. The molecule has 122 valence electrons. The second-order valence-corrected chi connectivity index (χ2v) is 5.78. The highest BCUT2D eigenvalue weighted by Crippen LogP contribution is 2.19. The number of pyridine rings is 1. The Balaban J connectivity index is 1.45. The molecule has 1 saturated heterocycles. The highest BCUT2D eigenvalue weighted by Gasteiger charge is 2.13. The zero-order valence-electron chi connectivity index (χ0n) is 13.3. The molecule has 1 aliphatic rings. The summed E-state index contributed by atoms with van der Waals surface area (Å²) in [6.07, 6.45) is 9.51. The molecule has 4 rings (SSSR count). The number of aromatic nitrogens is 5. The van der Waals surface area contributed by atoms with Crippen LogP contribution in [0.25, 0.3) is 5.82 Å². The highest BCUT2D eigenvalue weighted by molar-refractivity contribution is 5.49. The Labute approximate surface area is 140 Å². The third-order valence-corrected chi connectivity index (χ3v) is 4.11. The molecule has 0 atom stereocenters. The predicted molar refractivity (Wildman–Crippen MR) is 92.2 cm³/mol. The van der Waals surface area contributed by atoms with Crippen molar-refractivity contribution in [3.63, 3.8) is 0 Å². The van der Waals surface area contributed by atoms with Crippen LogP contribution in [0.1, 0.15) is 18.4 Å². The van der Waals surface area contributed by atoms with Crippen molar-refractivity contribution in [2.75, 3.05) is 23.3 Å². The fraction of sp³-hybridized carbons (Fsp3) is 0.294. The van der Waals surface area contributed by atoms with E-state index in [9.17, 15) is 0 Å². The van der Waals surface area contributed by atoms with Crippen LogP contribution in [0, 0.1) is 0 Å². The van der Waals surface area contributed by atoms with Gasteiger partial charge < -0.3 is 10.2 Å². The molecule has 3 aromatic rings. The van der Waals surface area contributed by atoms with Gasteiger partial charge in [0, 0.05) is 44.3 Å². The Bertz CT molecular complexity index is 794. The van der Waals surface area contributed by atoms with Crippen molar-refractivity contribution in [3.05, 3.63) is 54.7 Å². The number of nitrogens with one attached hydrogen (secondary N) is 1. The molecule has 0 radical (unpaired) electrons. The first-order chi connectivity index (χ1) is 11.9. The normalized spacial score (nSPS) is 14.1. The molecular formula is C17H19N7. The molecule has 0 saturated carbocycles. The van der Waals surface area contributed by atoms with Crippen LogP contribution in [0.15, 0.2) is 49.2 Å². The van der Waals surface area contributed by atoms with Crippen LogP contribution < -0.4 is 10.2 Å². The third-order valence-electron chi connectivity index (χ3n) is 4.11. The fourth-order valence-corrected chi connectivity index (χ4v) is 2.86. The van der Waals surface area contributed by atoms with Crippen molar-refractivity contribution in [2.24, 2.45) is 0 Å². The lowest BCUT2D eigenvalue weighted by Gasteiger charge is -2.16. The highest BCUT2D eigenvalue weighted by atomic mass is 15.3. The summed E-state index contributed by atoms with van der Waals surface area (Å²) in [4.78, 5) is 15.3. The lowest BCUT2D eigenvalue weighted by molar-refractivity contribution is 0.842. The van der Waals surface area contributed by atoms with Crippen LogP contribution in [0.2, 0.25) is 0 Å². The SMILES string of the molecule is c1cnn(-c2cc(CNc3cc(N4CCCC4)ncn3)ccn2)c1. The van der Waals surface area contributed by atoms with E-state index in [-0.39, 0.29) is 0 Å². The molecule has 3 aromatic heterocycles. The van der Waals surface area contributed by atoms with Crippen molar-refractivity contribution in [3.8, 4) is 5.82 Å². The minimum atomic E-state index is 0.674. The standard InChI is InChI=1S/C17H19N7/c1-2-8-23(7-1)16-11-15(20-13-21-16)19-12-14-4-6-18-17(10-14)24-9-3-5-22-24/h3-6,9-11,13H,1-2,7-8,12H2,(H,19,20,21). The van der Waals surface area contributed by atoms with Gasteiger partial charge in [-0.1, -0.05) is 0 Å². The first-order valence-corrected chi connectivity index (χ1v) is 8.14. The van der Waals surface area contributed by atoms with Gasteiger partial charge in [0.2, 0.25) is 0 Å². The average molecular weight is 321 g/mol. The molecule has 0 bridgehead atoms. The summed E-state index contributed by atoms with van der Waals surface area (Å²) in [5, 5.41) is 7.57. The number of rotatable bonds is 5. The first kappa shape index (κ1) is 14.6. The number of hydrogen-bond acceptors (Lipinski definition) is 6. The maximum Gasteiger partial charge on any atom is 0.153 e. The summed E-state index contributed by atoms with van der Waals surface area (Å²) in [5.74, 6) is 2.64. The molecule has 1 N–H and O–H groups in total. The lowest BCUT2D eigenvalue weighted by atomic mass is 10.2. The Morgan fingerprint density at radius 2 is 1.92 bits per heavy atom. The molecule has 0 unspecified atom stereocenters. The molecule has 7 nitrogen and oxygen atoms in total. The van der Waals surface area contributed by atoms with Crippen molar-refractivity contribution in [1.29, 1.82) is 0 Å². The molecule has 0 amide bonds. The zero-order valence-corrected chi connectivity index (χ0v) is 13.3. The van der Waals surface area contributed by atoms with Crippen LogP contribution >= 0.6 is 0 Å². The van der Waals surface area contributed by atoms with E-state index in [0.717, 1.165) is 36.1 Å². The molecule has 0 spiro atoms. The van der Waals surface area contributed by atoms with Gasteiger partial charge in [-0.3, -0.25) is 0 Å². The van der Waals surface area contributed by atoms with Crippen LogP contribution in [0.3, 0.4) is 0 Å². The summed E-state index contributed by atoms with van der Waals surface area (Å²) >= 11 is 0. The number of anilines is 2. The first-order valence-electron chi connectivity index (χ1n) is 8.14. The Kier molecular flexibility index (Phi) is 4.05. The quantitative estimate of drug-likeness (QED) is 0.777. The van der Waals surface area contributed by atoms with Gasteiger partial charge in [-0.2, -0.15) is 5.10 Å². The van der Waals surface area contributed by atoms with Gasteiger partial charge in [0.15, 0.2) is 5.82 Å². The van der Waals surface area contributed by atoms with Crippen LogP contribution in [-0.4, -0.2) is 37.8 Å². The van der Waals surface area contributed by atoms with Gasteiger partial charge in [-0.25, -0.2) is 19.6 Å². The van der Waals surface area contributed by atoms with Gasteiger partial charge in [0.25, 0.3) is 0 Å². The van der Waals surface area contributed by atoms with E-state index in [0.29, 0.717) is 6.54 Å². The smallest absolute Gasteiger partial charge is 0.153 e. The van der Waals surface area contributed by atoms with E-state index < -0.39 is 0 Å². The molecule has 24 heavy (non-hydrogen) atoms. The lowest BCUT2D eigenvalue weighted by Crippen LogP contribution is -2.19. The van der Waals surface area contributed by atoms with Gasteiger partial charge in [-0.05, 0) is 36.6 Å². The van der Waals surface area contributed by atoms with E-state index >= 15 is 0 Å². The van der Waals surface area contributed by atoms with E-state index in [4.69, 9.17) is 0 Å². The summed E-state index contributed by atoms with van der Waals surface area (Å²) in [6, 6.07) is 7.90. The molecule has 0 aromatic carbocycles. The summed E-state index contributed by atoms with van der Waals surface area (Å²) < 4.78 is 1.75. The predicted octanol–water partition coefficient (Wildman–Crippen LogP) is 2.27. The minimum absolute atomic E-state index is 0.674. The number of hydrogen-bond donors (Lipinski definition) is 1. The van der Waals surface area contributed by atoms with Crippen LogP contribution in [0.5, 0.6) is 0 Å². The topological polar surface area (TPSA) is 71.8 Å². The van der Waals surface area contributed by atoms with Gasteiger partial charge in [-0.15, -0.1) is 0 Å². The van der Waals surface area contributed by atoms with Gasteiger partial charge in [0.1, 0.15) is 18.0 Å². The summed E-state index contributed by atoms with van der Waals surface area (Å²) in [6.45, 7) is 2.83. The molecule has 1 fully saturated rings. The molecule has 1 aliphatic heterocycles. The average Bonchev–Trinajstić information content (AvgIpc) is 3.34. The van der Waals surface area contributed by atoms with Crippen molar-refractivity contribution < 1.29 is 0 Å². The molecule has 7 heteroatoms. The Hall–Kier alpha value is -2.96. The second kappa shape index (κ2) is 6.66. The van der Waals surface area contributed by atoms with Crippen molar-refractivity contribution in [2.45, 2.75) is 19.4 Å². The van der Waals surface area contributed by atoms with E-state index in [1.807, 2.05) is 30.5 Å². The van der Waals surface area contributed by atoms with Gasteiger partial charge >= 0.3 is 0 Å². The molecule has 0 aliphatic carbocycles. The minimum Gasteiger partial charge on any atom is -0.366 e. The third kappa shape index (κ3) is 3.19. The fourth-order valence-electron chi connectivity index (χ4n) is 2.86.